The average molecular weight is 318 g/mol. The van der Waals surface area contributed by atoms with Gasteiger partial charge in [-0.05, 0) is 43.9 Å². The molecular weight excluding hydrogens is 288 g/mol. The number of carbonyl (C=O) groups is 2. The van der Waals surface area contributed by atoms with Crippen molar-refractivity contribution in [1.82, 2.24) is 4.90 Å². The van der Waals surface area contributed by atoms with Crippen LogP contribution in [0.4, 0.5) is 5.69 Å². The van der Waals surface area contributed by atoms with E-state index in [-0.39, 0.29) is 11.8 Å². The third-order valence-electron chi connectivity index (χ3n) is 3.92. The van der Waals surface area contributed by atoms with E-state index >= 15 is 0 Å². The molecule has 0 aliphatic heterocycles. The van der Waals surface area contributed by atoms with E-state index in [2.05, 4.69) is 13.8 Å². The Balaban J connectivity index is 2.83. The van der Waals surface area contributed by atoms with Crippen LogP contribution >= 0.6 is 0 Å². The van der Waals surface area contributed by atoms with Gasteiger partial charge in [-0.1, -0.05) is 26.0 Å². The highest BCUT2D eigenvalue weighted by atomic mass is 16.2. The van der Waals surface area contributed by atoms with Crippen LogP contribution in [-0.2, 0) is 9.59 Å². The first-order chi connectivity index (χ1) is 10.9. The lowest BCUT2D eigenvalue weighted by Crippen LogP contribution is -2.37. The SMILES string of the molecule is CCCN(CCC)C(=O)CCN(C(C)=O)c1cc(C)ccc1C. The van der Waals surface area contributed by atoms with Gasteiger partial charge < -0.3 is 9.80 Å². The summed E-state index contributed by atoms with van der Waals surface area (Å²) < 4.78 is 0. The van der Waals surface area contributed by atoms with Crippen molar-refractivity contribution in [1.29, 1.82) is 0 Å². The van der Waals surface area contributed by atoms with Crippen molar-refractivity contribution >= 4 is 17.5 Å². The number of amides is 2. The summed E-state index contributed by atoms with van der Waals surface area (Å²) in [5.41, 5.74) is 3.07. The van der Waals surface area contributed by atoms with E-state index in [9.17, 15) is 9.59 Å². The standard InChI is InChI=1S/C19H30N2O2/c1-6-11-20(12-7-2)19(23)10-13-21(17(5)22)18-14-15(3)8-9-16(18)4/h8-9,14H,6-7,10-13H2,1-5H3. The number of hydrogen-bond donors (Lipinski definition) is 0. The molecule has 0 atom stereocenters. The predicted molar refractivity (Wildman–Crippen MR) is 95.7 cm³/mol. The second-order valence-corrected chi connectivity index (χ2v) is 6.09. The van der Waals surface area contributed by atoms with Crippen molar-refractivity contribution < 1.29 is 9.59 Å². The van der Waals surface area contributed by atoms with Gasteiger partial charge in [0.2, 0.25) is 11.8 Å². The fourth-order valence-electron chi connectivity index (χ4n) is 2.72. The second kappa shape index (κ2) is 9.33. The van der Waals surface area contributed by atoms with Gasteiger partial charge in [0.1, 0.15) is 0 Å². The Labute approximate surface area is 140 Å². The summed E-state index contributed by atoms with van der Waals surface area (Å²) in [6.07, 6.45) is 2.28. The molecule has 0 aromatic heterocycles. The smallest absolute Gasteiger partial charge is 0.224 e. The Kier molecular flexibility index (Phi) is 7.79. The molecule has 0 radical (unpaired) electrons. The quantitative estimate of drug-likeness (QED) is 0.733. The fourth-order valence-corrected chi connectivity index (χ4v) is 2.72. The Morgan fingerprint density at radius 2 is 1.61 bits per heavy atom. The van der Waals surface area contributed by atoms with Gasteiger partial charge in [0, 0.05) is 38.7 Å². The molecule has 1 rings (SSSR count). The molecule has 0 aliphatic rings. The lowest BCUT2D eigenvalue weighted by molar-refractivity contribution is -0.131. The van der Waals surface area contributed by atoms with Gasteiger partial charge in [0.15, 0.2) is 0 Å². The average Bonchev–Trinajstić information content (AvgIpc) is 2.50. The van der Waals surface area contributed by atoms with Gasteiger partial charge >= 0.3 is 0 Å². The molecule has 0 bridgehead atoms. The monoisotopic (exact) mass is 318 g/mol. The molecular formula is C19H30N2O2. The Morgan fingerprint density at radius 3 is 2.13 bits per heavy atom. The first-order valence-electron chi connectivity index (χ1n) is 8.53. The lowest BCUT2D eigenvalue weighted by atomic mass is 10.1. The summed E-state index contributed by atoms with van der Waals surface area (Å²) in [6.45, 7) is 11.7. The van der Waals surface area contributed by atoms with Crippen LogP contribution in [0.15, 0.2) is 18.2 Å². The van der Waals surface area contributed by atoms with Gasteiger partial charge in [0.25, 0.3) is 0 Å². The molecule has 0 saturated heterocycles. The van der Waals surface area contributed by atoms with E-state index in [0.29, 0.717) is 13.0 Å². The van der Waals surface area contributed by atoms with E-state index in [1.165, 1.54) is 0 Å². The summed E-state index contributed by atoms with van der Waals surface area (Å²) in [6, 6.07) is 6.06. The second-order valence-electron chi connectivity index (χ2n) is 6.09. The summed E-state index contributed by atoms with van der Waals surface area (Å²) in [4.78, 5) is 28.1. The third kappa shape index (κ3) is 5.70. The zero-order valence-electron chi connectivity index (χ0n) is 15.2. The van der Waals surface area contributed by atoms with E-state index in [4.69, 9.17) is 0 Å². The van der Waals surface area contributed by atoms with Crippen molar-refractivity contribution in [2.45, 2.75) is 53.9 Å². The molecule has 0 fully saturated rings. The van der Waals surface area contributed by atoms with Gasteiger partial charge in [-0.25, -0.2) is 0 Å². The van der Waals surface area contributed by atoms with Crippen LogP contribution in [0, 0.1) is 13.8 Å². The van der Waals surface area contributed by atoms with E-state index in [0.717, 1.165) is 42.7 Å². The maximum atomic E-state index is 12.4. The molecule has 1 aromatic rings. The largest absolute Gasteiger partial charge is 0.343 e. The normalized spacial score (nSPS) is 10.5. The number of anilines is 1. The summed E-state index contributed by atoms with van der Waals surface area (Å²) in [5.74, 6) is 0.106. The van der Waals surface area contributed by atoms with Crippen molar-refractivity contribution in [3.8, 4) is 0 Å². The minimum absolute atomic E-state index is 0.0240. The molecule has 0 N–H and O–H groups in total. The van der Waals surface area contributed by atoms with Crippen LogP contribution in [-0.4, -0.2) is 36.3 Å². The summed E-state index contributed by atoms with van der Waals surface area (Å²) in [5, 5.41) is 0. The highest BCUT2D eigenvalue weighted by molar-refractivity contribution is 5.93. The van der Waals surface area contributed by atoms with Crippen molar-refractivity contribution in [3.05, 3.63) is 29.3 Å². The predicted octanol–water partition coefficient (Wildman–Crippen LogP) is 3.70. The summed E-state index contributed by atoms with van der Waals surface area (Å²) >= 11 is 0. The molecule has 4 nitrogen and oxygen atoms in total. The molecule has 0 unspecified atom stereocenters. The molecule has 128 valence electrons. The Morgan fingerprint density at radius 1 is 1.00 bits per heavy atom. The first-order valence-corrected chi connectivity index (χ1v) is 8.53. The number of rotatable bonds is 8. The molecule has 1 aromatic carbocycles. The fraction of sp³-hybridized carbons (Fsp3) is 0.579. The number of carbonyl (C=O) groups excluding carboxylic acids is 2. The Hall–Kier alpha value is -1.84. The first kappa shape index (κ1) is 19.2. The molecule has 0 saturated carbocycles. The highest BCUT2D eigenvalue weighted by Gasteiger charge is 2.18. The van der Waals surface area contributed by atoms with Crippen LogP contribution in [0.5, 0.6) is 0 Å². The molecule has 2 amide bonds. The molecule has 4 heteroatoms. The van der Waals surface area contributed by atoms with Gasteiger partial charge in [-0.2, -0.15) is 0 Å². The zero-order valence-corrected chi connectivity index (χ0v) is 15.2. The maximum absolute atomic E-state index is 12.4. The highest BCUT2D eigenvalue weighted by Crippen LogP contribution is 2.22. The number of aryl methyl sites for hydroxylation is 2. The van der Waals surface area contributed by atoms with Gasteiger partial charge in [-0.15, -0.1) is 0 Å². The molecule has 0 heterocycles. The van der Waals surface area contributed by atoms with Gasteiger partial charge in [-0.3, -0.25) is 9.59 Å². The number of benzene rings is 1. The van der Waals surface area contributed by atoms with Crippen molar-refractivity contribution in [3.63, 3.8) is 0 Å². The van der Waals surface area contributed by atoms with E-state index in [1.807, 2.05) is 36.9 Å². The lowest BCUT2D eigenvalue weighted by Gasteiger charge is -2.26. The topological polar surface area (TPSA) is 40.6 Å². The molecule has 0 spiro atoms. The molecule has 0 aliphatic carbocycles. The van der Waals surface area contributed by atoms with Crippen LogP contribution in [0.1, 0.15) is 51.2 Å². The van der Waals surface area contributed by atoms with Gasteiger partial charge in [0.05, 0.1) is 0 Å². The summed E-state index contributed by atoms with van der Waals surface area (Å²) in [7, 11) is 0. The minimum Gasteiger partial charge on any atom is -0.343 e. The van der Waals surface area contributed by atoms with Crippen molar-refractivity contribution in [2.24, 2.45) is 0 Å². The van der Waals surface area contributed by atoms with Crippen LogP contribution in [0.3, 0.4) is 0 Å². The third-order valence-corrected chi connectivity index (χ3v) is 3.92. The van der Waals surface area contributed by atoms with Crippen LogP contribution in [0.2, 0.25) is 0 Å². The maximum Gasteiger partial charge on any atom is 0.224 e. The molecule has 23 heavy (non-hydrogen) atoms. The zero-order chi connectivity index (χ0) is 17.4. The van der Waals surface area contributed by atoms with Crippen LogP contribution < -0.4 is 4.90 Å². The van der Waals surface area contributed by atoms with Crippen molar-refractivity contribution in [2.75, 3.05) is 24.5 Å². The Bertz CT molecular complexity index is 534. The number of nitrogens with zero attached hydrogens (tertiary/aromatic N) is 2. The van der Waals surface area contributed by atoms with E-state index in [1.54, 1.807) is 11.8 Å². The minimum atomic E-state index is -0.0240. The van der Waals surface area contributed by atoms with E-state index < -0.39 is 0 Å². The van der Waals surface area contributed by atoms with Crippen LogP contribution in [0.25, 0.3) is 0 Å². The number of hydrogen-bond acceptors (Lipinski definition) is 2.